The van der Waals surface area contributed by atoms with Crippen LogP contribution in [0.25, 0.3) is 5.82 Å². The number of benzene rings is 1. The van der Waals surface area contributed by atoms with Crippen molar-refractivity contribution in [3.05, 3.63) is 54.6 Å². The third-order valence-corrected chi connectivity index (χ3v) is 3.51. The van der Waals surface area contributed by atoms with Crippen LogP contribution in [0, 0.1) is 12.8 Å². The van der Waals surface area contributed by atoms with Crippen LogP contribution in [0.1, 0.15) is 19.7 Å². The summed E-state index contributed by atoms with van der Waals surface area (Å²) in [6, 6.07) is 11.2. The zero-order chi connectivity index (χ0) is 17.8. The highest BCUT2D eigenvalue weighted by molar-refractivity contribution is 5.92. The van der Waals surface area contributed by atoms with Crippen LogP contribution in [0.4, 0.5) is 17.2 Å². The van der Waals surface area contributed by atoms with Crippen LogP contribution in [0.5, 0.6) is 0 Å². The van der Waals surface area contributed by atoms with Gasteiger partial charge in [-0.1, -0.05) is 13.8 Å². The number of aromatic nitrogens is 4. The zero-order valence-corrected chi connectivity index (χ0v) is 14.4. The molecule has 0 spiro atoms. The van der Waals surface area contributed by atoms with Gasteiger partial charge in [-0.25, -0.2) is 14.6 Å². The largest absolute Gasteiger partial charge is 0.340 e. The first kappa shape index (κ1) is 16.6. The standard InChI is InChI=1S/C18H20N6O/c1-12(2)18(25)23-15-7-5-14(6-8-15)22-16-11-17(21-13(3)20-16)24-10-4-9-19-24/h4-12H,1-3H3,(H,23,25)(H,20,21,22). The molecule has 2 N–H and O–H groups in total. The molecule has 0 saturated heterocycles. The Bertz CT molecular complexity index is 856. The van der Waals surface area contributed by atoms with Gasteiger partial charge in [0.1, 0.15) is 11.6 Å². The smallest absolute Gasteiger partial charge is 0.226 e. The van der Waals surface area contributed by atoms with Gasteiger partial charge in [0.15, 0.2) is 5.82 Å². The fourth-order valence-electron chi connectivity index (χ4n) is 2.21. The van der Waals surface area contributed by atoms with E-state index >= 15 is 0 Å². The molecule has 0 radical (unpaired) electrons. The Balaban J connectivity index is 1.75. The van der Waals surface area contributed by atoms with Crippen molar-refractivity contribution in [3.8, 4) is 5.82 Å². The number of carbonyl (C=O) groups excluding carboxylic acids is 1. The Morgan fingerprint density at radius 2 is 1.84 bits per heavy atom. The van der Waals surface area contributed by atoms with Crippen LogP contribution >= 0.6 is 0 Å². The van der Waals surface area contributed by atoms with E-state index in [4.69, 9.17) is 0 Å². The maximum Gasteiger partial charge on any atom is 0.226 e. The Hall–Kier alpha value is -3.22. The lowest BCUT2D eigenvalue weighted by Gasteiger charge is -2.11. The summed E-state index contributed by atoms with van der Waals surface area (Å²) in [6.45, 7) is 5.56. The van der Waals surface area contributed by atoms with E-state index in [1.54, 1.807) is 10.9 Å². The molecule has 1 aromatic carbocycles. The maximum absolute atomic E-state index is 11.7. The molecule has 0 bridgehead atoms. The first-order chi connectivity index (χ1) is 12.0. The molecule has 0 fully saturated rings. The number of amides is 1. The Labute approximate surface area is 146 Å². The van der Waals surface area contributed by atoms with Gasteiger partial charge in [-0.3, -0.25) is 4.79 Å². The SMILES string of the molecule is Cc1nc(Nc2ccc(NC(=O)C(C)C)cc2)cc(-n2cccn2)n1. The second-order valence-corrected chi connectivity index (χ2v) is 5.96. The Kier molecular flexibility index (Phi) is 4.74. The normalized spacial score (nSPS) is 10.7. The van der Waals surface area contributed by atoms with E-state index < -0.39 is 0 Å². The predicted octanol–water partition coefficient (Wildman–Crippen LogP) is 3.31. The summed E-state index contributed by atoms with van der Waals surface area (Å²) >= 11 is 0. The third kappa shape index (κ3) is 4.20. The maximum atomic E-state index is 11.7. The van der Waals surface area contributed by atoms with Gasteiger partial charge in [-0.2, -0.15) is 5.10 Å². The van der Waals surface area contributed by atoms with Crippen molar-refractivity contribution >= 4 is 23.1 Å². The third-order valence-electron chi connectivity index (χ3n) is 3.51. The number of anilines is 3. The molecule has 7 nitrogen and oxygen atoms in total. The van der Waals surface area contributed by atoms with Crippen LogP contribution < -0.4 is 10.6 Å². The van der Waals surface area contributed by atoms with E-state index in [1.807, 2.05) is 63.4 Å². The van der Waals surface area contributed by atoms with E-state index in [9.17, 15) is 4.79 Å². The van der Waals surface area contributed by atoms with E-state index in [-0.39, 0.29) is 11.8 Å². The molecule has 0 atom stereocenters. The van der Waals surface area contributed by atoms with Gasteiger partial charge in [0.2, 0.25) is 5.91 Å². The highest BCUT2D eigenvalue weighted by Crippen LogP contribution is 2.19. The minimum Gasteiger partial charge on any atom is -0.340 e. The van der Waals surface area contributed by atoms with Crippen molar-refractivity contribution in [3.63, 3.8) is 0 Å². The van der Waals surface area contributed by atoms with Crippen molar-refractivity contribution in [2.75, 3.05) is 10.6 Å². The summed E-state index contributed by atoms with van der Waals surface area (Å²) in [5, 5.41) is 10.3. The first-order valence-electron chi connectivity index (χ1n) is 8.05. The van der Waals surface area contributed by atoms with Crippen molar-refractivity contribution in [2.24, 2.45) is 5.92 Å². The van der Waals surface area contributed by atoms with Gasteiger partial charge in [-0.05, 0) is 37.3 Å². The molecule has 7 heteroatoms. The van der Waals surface area contributed by atoms with Crippen LogP contribution in [0.15, 0.2) is 48.8 Å². The summed E-state index contributed by atoms with van der Waals surface area (Å²) in [4.78, 5) is 20.5. The molecule has 3 rings (SSSR count). The van der Waals surface area contributed by atoms with Gasteiger partial charge >= 0.3 is 0 Å². The summed E-state index contributed by atoms with van der Waals surface area (Å²) in [6.07, 6.45) is 3.53. The van der Waals surface area contributed by atoms with Gasteiger partial charge in [0.05, 0.1) is 0 Å². The lowest BCUT2D eigenvalue weighted by atomic mass is 10.2. The van der Waals surface area contributed by atoms with Gasteiger partial charge < -0.3 is 10.6 Å². The summed E-state index contributed by atoms with van der Waals surface area (Å²) in [5.74, 6) is 1.97. The summed E-state index contributed by atoms with van der Waals surface area (Å²) in [5.41, 5.74) is 1.63. The van der Waals surface area contributed by atoms with Crippen LogP contribution in [0.3, 0.4) is 0 Å². The lowest BCUT2D eigenvalue weighted by molar-refractivity contribution is -0.118. The molecule has 2 aromatic heterocycles. The average Bonchev–Trinajstić information content (AvgIpc) is 3.10. The molecule has 0 aliphatic rings. The highest BCUT2D eigenvalue weighted by Gasteiger charge is 2.08. The van der Waals surface area contributed by atoms with E-state index in [2.05, 4.69) is 25.7 Å². The Morgan fingerprint density at radius 1 is 1.12 bits per heavy atom. The molecule has 0 unspecified atom stereocenters. The number of aryl methyl sites for hydroxylation is 1. The van der Waals surface area contributed by atoms with Crippen molar-refractivity contribution in [1.29, 1.82) is 0 Å². The van der Waals surface area contributed by atoms with Gasteiger partial charge in [0.25, 0.3) is 0 Å². The fraction of sp³-hybridized carbons (Fsp3) is 0.222. The number of hydrogen-bond donors (Lipinski definition) is 2. The van der Waals surface area contributed by atoms with Crippen LogP contribution in [0.2, 0.25) is 0 Å². The Morgan fingerprint density at radius 3 is 2.48 bits per heavy atom. The van der Waals surface area contributed by atoms with E-state index in [0.717, 1.165) is 11.4 Å². The molecule has 3 aromatic rings. The number of nitrogens with zero attached hydrogens (tertiary/aromatic N) is 4. The van der Waals surface area contributed by atoms with Crippen molar-refractivity contribution < 1.29 is 4.79 Å². The predicted molar refractivity (Wildman–Crippen MR) is 97.1 cm³/mol. The highest BCUT2D eigenvalue weighted by atomic mass is 16.1. The molecule has 25 heavy (non-hydrogen) atoms. The van der Waals surface area contributed by atoms with Crippen molar-refractivity contribution in [2.45, 2.75) is 20.8 Å². The second-order valence-electron chi connectivity index (χ2n) is 5.96. The number of nitrogens with one attached hydrogen (secondary N) is 2. The number of carbonyl (C=O) groups is 1. The zero-order valence-electron chi connectivity index (χ0n) is 14.4. The average molecular weight is 336 g/mol. The fourth-order valence-corrected chi connectivity index (χ4v) is 2.21. The topological polar surface area (TPSA) is 84.7 Å². The van der Waals surface area contributed by atoms with E-state index in [0.29, 0.717) is 17.5 Å². The molecule has 1 amide bonds. The summed E-state index contributed by atoms with van der Waals surface area (Å²) < 4.78 is 1.68. The van der Waals surface area contributed by atoms with Gasteiger partial charge in [0, 0.05) is 35.8 Å². The first-order valence-corrected chi connectivity index (χ1v) is 8.05. The number of rotatable bonds is 5. The molecule has 0 aliphatic carbocycles. The second kappa shape index (κ2) is 7.12. The molecule has 0 aliphatic heterocycles. The van der Waals surface area contributed by atoms with Crippen LogP contribution in [-0.4, -0.2) is 25.7 Å². The molecule has 0 saturated carbocycles. The quantitative estimate of drug-likeness (QED) is 0.747. The monoisotopic (exact) mass is 336 g/mol. The molecular formula is C18H20N6O. The van der Waals surface area contributed by atoms with Gasteiger partial charge in [-0.15, -0.1) is 0 Å². The lowest BCUT2D eigenvalue weighted by Crippen LogP contribution is -2.17. The minimum absolute atomic E-state index is 0.00370. The van der Waals surface area contributed by atoms with Crippen LogP contribution in [-0.2, 0) is 4.79 Å². The van der Waals surface area contributed by atoms with Crippen molar-refractivity contribution in [1.82, 2.24) is 19.7 Å². The minimum atomic E-state index is -0.0532. The van der Waals surface area contributed by atoms with E-state index in [1.165, 1.54) is 0 Å². The molecule has 128 valence electrons. The summed E-state index contributed by atoms with van der Waals surface area (Å²) in [7, 11) is 0. The number of hydrogen-bond acceptors (Lipinski definition) is 5. The molecular weight excluding hydrogens is 316 g/mol. The molecule has 2 heterocycles.